The molecule has 0 atom stereocenters. The van der Waals surface area contributed by atoms with Crippen molar-refractivity contribution in [2.75, 3.05) is 26.0 Å². The molecule has 80 valence electrons. The van der Waals surface area contributed by atoms with Crippen LogP contribution < -0.4 is 5.73 Å². The van der Waals surface area contributed by atoms with E-state index in [1.165, 1.54) is 0 Å². The Hall–Kier alpha value is -0.590. The molecule has 0 spiro atoms. The monoisotopic (exact) mass is 216 g/mol. The van der Waals surface area contributed by atoms with Gasteiger partial charge in [0.05, 0.1) is 6.61 Å². The molecule has 0 fully saturated rings. The zero-order chi connectivity index (χ0) is 10.4. The lowest BCUT2D eigenvalue weighted by Crippen LogP contribution is -2.12. The van der Waals surface area contributed by atoms with Gasteiger partial charge in [0.1, 0.15) is 5.82 Å². The summed E-state index contributed by atoms with van der Waals surface area (Å²) in [6.07, 6.45) is 0. The predicted octanol–water partition coefficient (Wildman–Crippen LogP) is 0.284. The number of nitrogens with zero attached hydrogens (tertiary/aromatic N) is 3. The first-order valence-corrected chi connectivity index (χ1v) is 5.49. The third kappa shape index (κ3) is 2.97. The van der Waals surface area contributed by atoms with Gasteiger partial charge in [-0.2, -0.15) is 0 Å². The lowest BCUT2D eigenvalue weighted by atomic mass is 10.6. The van der Waals surface area contributed by atoms with Crippen LogP contribution >= 0.6 is 11.8 Å². The maximum atomic E-state index is 5.50. The molecule has 1 rings (SSSR count). The average Bonchev–Trinajstić information content (AvgIpc) is 2.51. The topological polar surface area (TPSA) is 66.0 Å². The molecule has 1 aromatic rings. The Morgan fingerprint density at radius 3 is 2.93 bits per heavy atom. The van der Waals surface area contributed by atoms with Gasteiger partial charge in [0, 0.05) is 26.0 Å². The second-order valence-corrected chi connectivity index (χ2v) is 3.87. The summed E-state index contributed by atoms with van der Waals surface area (Å²) < 4.78 is 7.00. The molecule has 2 N–H and O–H groups in total. The molecule has 0 radical (unpaired) electrons. The molecule has 0 saturated carbocycles. The molecule has 1 aromatic heterocycles. The smallest absolute Gasteiger partial charge is 0.191 e. The predicted molar refractivity (Wildman–Crippen MR) is 56.4 cm³/mol. The highest BCUT2D eigenvalue weighted by Crippen LogP contribution is 2.15. The number of hydrogen-bond acceptors (Lipinski definition) is 5. The molecule has 5 nitrogen and oxygen atoms in total. The van der Waals surface area contributed by atoms with Gasteiger partial charge in [0.15, 0.2) is 5.16 Å². The van der Waals surface area contributed by atoms with Gasteiger partial charge in [-0.25, -0.2) is 0 Å². The quantitative estimate of drug-likeness (QED) is 0.546. The van der Waals surface area contributed by atoms with E-state index in [2.05, 4.69) is 10.2 Å². The van der Waals surface area contributed by atoms with Gasteiger partial charge < -0.3 is 15.0 Å². The van der Waals surface area contributed by atoms with Crippen LogP contribution in [0.1, 0.15) is 5.82 Å². The van der Waals surface area contributed by atoms with Gasteiger partial charge in [-0.1, -0.05) is 11.8 Å². The minimum absolute atomic E-state index is 0.608. The van der Waals surface area contributed by atoms with E-state index in [0.717, 1.165) is 29.9 Å². The molecule has 0 saturated heterocycles. The van der Waals surface area contributed by atoms with E-state index in [4.69, 9.17) is 10.5 Å². The summed E-state index contributed by atoms with van der Waals surface area (Å²) in [5, 5.41) is 9.00. The molecule has 0 aliphatic rings. The zero-order valence-electron chi connectivity index (χ0n) is 8.56. The maximum Gasteiger partial charge on any atom is 0.191 e. The first-order valence-electron chi connectivity index (χ1n) is 4.51. The summed E-state index contributed by atoms with van der Waals surface area (Å²) in [6.45, 7) is 4.03. The van der Waals surface area contributed by atoms with Gasteiger partial charge >= 0.3 is 0 Å². The number of aromatic nitrogens is 3. The standard InChI is InChI=1S/C8H16N4OS/c1-7-10-11-8(12(7)4-3-9)14-6-5-13-2/h3-6,9H2,1-2H3. The van der Waals surface area contributed by atoms with Crippen molar-refractivity contribution in [2.24, 2.45) is 5.73 Å². The molecule has 0 bridgehead atoms. The van der Waals surface area contributed by atoms with E-state index < -0.39 is 0 Å². The number of aryl methyl sites for hydroxylation is 1. The Bertz CT molecular complexity index is 276. The fraction of sp³-hybridized carbons (Fsp3) is 0.750. The number of rotatable bonds is 6. The second-order valence-electron chi connectivity index (χ2n) is 2.81. The largest absolute Gasteiger partial charge is 0.384 e. The van der Waals surface area contributed by atoms with Crippen LogP contribution in [0.2, 0.25) is 0 Å². The Kier molecular flexibility index (Phi) is 4.92. The number of methoxy groups -OCH3 is 1. The zero-order valence-corrected chi connectivity index (χ0v) is 9.38. The SMILES string of the molecule is COCCSc1nnc(C)n1CCN. The lowest BCUT2D eigenvalue weighted by Gasteiger charge is -2.05. The van der Waals surface area contributed by atoms with Crippen LogP contribution in [-0.4, -0.2) is 40.8 Å². The number of ether oxygens (including phenoxy) is 1. The van der Waals surface area contributed by atoms with Gasteiger partial charge in [-0.3, -0.25) is 0 Å². The third-order valence-corrected chi connectivity index (χ3v) is 2.70. The van der Waals surface area contributed by atoms with Crippen LogP contribution in [0.25, 0.3) is 0 Å². The van der Waals surface area contributed by atoms with Crippen molar-refractivity contribution in [1.29, 1.82) is 0 Å². The first kappa shape index (κ1) is 11.5. The summed E-state index contributed by atoms with van der Waals surface area (Å²) in [4.78, 5) is 0. The number of thioether (sulfide) groups is 1. The molecule has 0 aliphatic carbocycles. The highest BCUT2D eigenvalue weighted by molar-refractivity contribution is 7.99. The van der Waals surface area contributed by atoms with E-state index in [0.29, 0.717) is 6.54 Å². The van der Waals surface area contributed by atoms with Crippen LogP contribution in [0, 0.1) is 6.92 Å². The summed E-state index contributed by atoms with van der Waals surface area (Å²) >= 11 is 1.64. The highest BCUT2D eigenvalue weighted by atomic mass is 32.2. The van der Waals surface area contributed by atoms with Crippen molar-refractivity contribution in [3.63, 3.8) is 0 Å². The van der Waals surface area contributed by atoms with Crippen LogP contribution in [0.5, 0.6) is 0 Å². The Balaban J connectivity index is 2.56. The van der Waals surface area contributed by atoms with Gasteiger partial charge in [0.2, 0.25) is 0 Å². The third-order valence-electron chi connectivity index (χ3n) is 1.77. The fourth-order valence-electron chi connectivity index (χ4n) is 1.07. The van der Waals surface area contributed by atoms with E-state index in [1.807, 2.05) is 11.5 Å². The van der Waals surface area contributed by atoms with Crippen molar-refractivity contribution in [3.05, 3.63) is 5.82 Å². The molecular weight excluding hydrogens is 200 g/mol. The molecule has 0 aliphatic heterocycles. The molecule has 0 aromatic carbocycles. The molecule has 14 heavy (non-hydrogen) atoms. The van der Waals surface area contributed by atoms with Crippen LogP contribution in [0.4, 0.5) is 0 Å². The van der Waals surface area contributed by atoms with Crippen LogP contribution in [-0.2, 0) is 11.3 Å². The van der Waals surface area contributed by atoms with Crippen molar-refractivity contribution in [3.8, 4) is 0 Å². The van der Waals surface area contributed by atoms with Crippen LogP contribution in [0.3, 0.4) is 0 Å². The molecule has 0 amide bonds. The maximum absolute atomic E-state index is 5.50. The Labute approximate surface area is 88.0 Å². The van der Waals surface area contributed by atoms with E-state index in [1.54, 1.807) is 18.9 Å². The normalized spacial score (nSPS) is 10.8. The lowest BCUT2D eigenvalue weighted by molar-refractivity contribution is 0.218. The highest BCUT2D eigenvalue weighted by Gasteiger charge is 2.07. The van der Waals surface area contributed by atoms with Crippen molar-refractivity contribution in [1.82, 2.24) is 14.8 Å². The average molecular weight is 216 g/mol. The van der Waals surface area contributed by atoms with Crippen molar-refractivity contribution < 1.29 is 4.74 Å². The van der Waals surface area contributed by atoms with Crippen molar-refractivity contribution >= 4 is 11.8 Å². The summed E-state index contributed by atoms with van der Waals surface area (Å²) in [7, 11) is 1.69. The Morgan fingerprint density at radius 2 is 2.29 bits per heavy atom. The summed E-state index contributed by atoms with van der Waals surface area (Å²) in [5.74, 6) is 1.80. The summed E-state index contributed by atoms with van der Waals surface area (Å²) in [5.41, 5.74) is 5.50. The Morgan fingerprint density at radius 1 is 1.50 bits per heavy atom. The fourth-order valence-corrected chi connectivity index (χ4v) is 1.98. The number of nitrogens with two attached hydrogens (primary N) is 1. The van der Waals surface area contributed by atoms with Crippen LogP contribution in [0.15, 0.2) is 5.16 Å². The number of hydrogen-bond donors (Lipinski definition) is 1. The minimum Gasteiger partial charge on any atom is -0.384 e. The minimum atomic E-state index is 0.608. The molecule has 1 heterocycles. The van der Waals surface area contributed by atoms with E-state index in [9.17, 15) is 0 Å². The molecule has 6 heteroatoms. The van der Waals surface area contributed by atoms with E-state index >= 15 is 0 Å². The van der Waals surface area contributed by atoms with E-state index in [-0.39, 0.29) is 0 Å². The second kappa shape index (κ2) is 6.00. The van der Waals surface area contributed by atoms with Gasteiger partial charge in [-0.05, 0) is 6.92 Å². The van der Waals surface area contributed by atoms with Crippen molar-refractivity contribution in [2.45, 2.75) is 18.6 Å². The molecular formula is C8H16N4OS. The summed E-state index contributed by atoms with van der Waals surface area (Å²) in [6, 6.07) is 0. The van der Waals surface area contributed by atoms with Gasteiger partial charge in [-0.15, -0.1) is 10.2 Å². The van der Waals surface area contributed by atoms with Gasteiger partial charge in [0.25, 0.3) is 0 Å². The first-order chi connectivity index (χ1) is 6.79. The molecule has 0 unspecified atom stereocenters.